The predicted octanol–water partition coefficient (Wildman–Crippen LogP) is 3.83. The van der Waals surface area contributed by atoms with Crippen molar-refractivity contribution >= 4 is 5.97 Å². The zero-order valence-electron chi connectivity index (χ0n) is 12.8. The Hall–Kier alpha value is -1.71. The first-order valence-electron chi connectivity index (χ1n) is 7.10. The highest BCUT2D eigenvalue weighted by Gasteiger charge is 2.13. The van der Waals surface area contributed by atoms with Gasteiger partial charge in [-0.1, -0.05) is 19.8 Å². The van der Waals surface area contributed by atoms with E-state index < -0.39 is 0 Å². The number of benzene rings is 1. The van der Waals surface area contributed by atoms with E-state index in [2.05, 4.69) is 6.92 Å². The Bertz CT molecular complexity index is 426. The summed E-state index contributed by atoms with van der Waals surface area (Å²) in [5.41, 5.74) is 0.469. The van der Waals surface area contributed by atoms with Gasteiger partial charge in [0, 0.05) is 0 Å². The van der Waals surface area contributed by atoms with E-state index in [1.807, 2.05) is 13.8 Å². The SMILES string of the molecule is CCCCCOc1ccc(C(=O)OC(C)C)cc1OC. The highest BCUT2D eigenvalue weighted by molar-refractivity contribution is 5.90. The molecule has 0 aromatic heterocycles. The molecule has 0 aliphatic heterocycles. The number of unbranched alkanes of at least 4 members (excludes halogenated alkanes) is 2. The maximum Gasteiger partial charge on any atom is 0.338 e. The van der Waals surface area contributed by atoms with E-state index in [-0.39, 0.29) is 12.1 Å². The van der Waals surface area contributed by atoms with E-state index in [0.717, 1.165) is 19.3 Å². The van der Waals surface area contributed by atoms with Crippen molar-refractivity contribution in [2.24, 2.45) is 0 Å². The predicted molar refractivity (Wildman–Crippen MR) is 78.6 cm³/mol. The topological polar surface area (TPSA) is 44.8 Å². The number of esters is 1. The van der Waals surface area contributed by atoms with Gasteiger partial charge in [-0.2, -0.15) is 0 Å². The van der Waals surface area contributed by atoms with Crippen molar-refractivity contribution in [3.63, 3.8) is 0 Å². The van der Waals surface area contributed by atoms with Crippen LogP contribution in [0.25, 0.3) is 0 Å². The minimum atomic E-state index is -0.351. The molecule has 0 saturated carbocycles. The molecule has 0 fully saturated rings. The molecule has 1 aromatic rings. The van der Waals surface area contributed by atoms with Gasteiger partial charge in [-0.25, -0.2) is 4.79 Å². The summed E-state index contributed by atoms with van der Waals surface area (Å²) < 4.78 is 16.1. The molecule has 0 amide bonds. The maximum atomic E-state index is 11.8. The van der Waals surface area contributed by atoms with Crippen LogP contribution in [-0.4, -0.2) is 25.8 Å². The van der Waals surface area contributed by atoms with E-state index in [1.165, 1.54) is 0 Å². The van der Waals surface area contributed by atoms with E-state index in [1.54, 1.807) is 25.3 Å². The maximum absolute atomic E-state index is 11.8. The molecule has 0 spiro atoms. The van der Waals surface area contributed by atoms with E-state index in [4.69, 9.17) is 14.2 Å². The number of hydrogen-bond donors (Lipinski definition) is 0. The summed E-state index contributed by atoms with van der Waals surface area (Å²) in [6, 6.07) is 5.10. The van der Waals surface area contributed by atoms with Crippen LogP contribution in [0.3, 0.4) is 0 Å². The summed E-state index contributed by atoms with van der Waals surface area (Å²) >= 11 is 0. The number of ether oxygens (including phenoxy) is 3. The lowest BCUT2D eigenvalue weighted by molar-refractivity contribution is 0.0377. The fourth-order valence-electron chi connectivity index (χ4n) is 1.73. The summed E-state index contributed by atoms with van der Waals surface area (Å²) in [5, 5.41) is 0. The van der Waals surface area contributed by atoms with Gasteiger partial charge in [-0.15, -0.1) is 0 Å². The molecule has 1 rings (SSSR count). The van der Waals surface area contributed by atoms with Crippen LogP contribution in [-0.2, 0) is 4.74 Å². The van der Waals surface area contributed by atoms with Crippen molar-refractivity contribution in [1.82, 2.24) is 0 Å². The van der Waals surface area contributed by atoms with Gasteiger partial charge in [0.2, 0.25) is 0 Å². The molecule has 112 valence electrons. The molecule has 0 atom stereocenters. The lowest BCUT2D eigenvalue weighted by Gasteiger charge is -2.13. The molecule has 0 aliphatic carbocycles. The molecule has 0 N–H and O–H groups in total. The van der Waals surface area contributed by atoms with Gasteiger partial charge in [0.1, 0.15) is 0 Å². The Morgan fingerprint density at radius 3 is 2.55 bits per heavy atom. The first-order valence-corrected chi connectivity index (χ1v) is 7.10. The summed E-state index contributed by atoms with van der Waals surface area (Å²) in [5.74, 6) is 0.861. The quantitative estimate of drug-likeness (QED) is 0.536. The van der Waals surface area contributed by atoms with Crippen molar-refractivity contribution in [2.75, 3.05) is 13.7 Å². The molecule has 0 saturated heterocycles. The van der Waals surface area contributed by atoms with E-state index in [9.17, 15) is 4.79 Å². The van der Waals surface area contributed by atoms with Crippen molar-refractivity contribution < 1.29 is 19.0 Å². The van der Waals surface area contributed by atoms with Gasteiger partial charge >= 0.3 is 5.97 Å². The van der Waals surface area contributed by atoms with Crippen LogP contribution in [0.4, 0.5) is 0 Å². The van der Waals surface area contributed by atoms with Gasteiger partial charge in [0.05, 0.1) is 25.4 Å². The second kappa shape index (κ2) is 8.46. The Labute approximate surface area is 121 Å². The van der Waals surface area contributed by atoms with E-state index in [0.29, 0.717) is 23.7 Å². The monoisotopic (exact) mass is 280 g/mol. The van der Waals surface area contributed by atoms with Crippen LogP contribution in [0, 0.1) is 0 Å². The molecule has 20 heavy (non-hydrogen) atoms. The van der Waals surface area contributed by atoms with Crippen LogP contribution >= 0.6 is 0 Å². The number of methoxy groups -OCH3 is 1. The van der Waals surface area contributed by atoms with Crippen molar-refractivity contribution in [3.8, 4) is 11.5 Å². The summed E-state index contributed by atoms with van der Waals surface area (Å²) in [7, 11) is 1.56. The Balaban J connectivity index is 2.72. The minimum Gasteiger partial charge on any atom is -0.493 e. The summed E-state index contributed by atoms with van der Waals surface area (Å²) in [6.45, 7) is 6.44. The second-order valence-electron chi connectivity index (χ2n) is 4.88. The molecule has 0 unspecified atom stereocenters. The Morgan fingerprint density at radius 1 is 1.20 bits per heavy atom. The zero-order valence-corrected chi connectivity index (χ0v) is 12.8. The number of carbonyl (C=O) groups excluding carboxylic acids is 1. The number of carbonyl (C=O) groups is 1. The van der Waals surface area contributed by atoms with Gasteiger partial charge in [-0.05, 0) is 38.5 Å². The third kappa shape index (κ3) is 5.11. The smallest absolute Gasteiger partial charge is 0.338 e. The van der Waals surface area contributed by atoms with Gasteiger partial charge in [0.25, 0.3) is 0 Å². The summed E-state index contributed by atoms with van der Waals surface area (Å²) in [6.07, 6.45) is 3.16. The summed E-state index contributed by atoms with van der Waals surface area (Å²) in [4.78, 5) is 11.8. The average molecular weight is 280 g/mol. The van der Waals surface area contributed by atoms with Crippen LogP contribution < -0.4 is 9.47 Å². The molecule has 0 aliphatic rings. The molecule has 0 radical (unpaired) electrons. The molecule has 0 bridgehead atoms. The lowest BCUT2D eigenvalue weighted by Crippen LogP contribution is -2.11. The molecular weight excluding hydrogens is 256 g/mol. The Morgan fingerprint density at radius 2 is 1.95 bits per heavy atom. The molecule has 4 heteroatoms. The largest absolute Gasteiger partial charge is 0.493 e. The van der Waals surface area contributed by atoms with Crippen LogP contribution in [0.1, 0.15) is 50.4 Å². The van der Waals surface area contributed by atoms with Gasteiger partial charge < -0.3 is 14.2 Å². The van der Waals surface area contributed by atoms with Crippen LogP contribution in [0.2, 0.25) is 0 Å². The van der Waals surface area contributed by atoms with Gasteiger partial charge in [-0.3, -0.25) is 0 Å². The molecular formula is C16H24O4. The van der Waals surface area contributed by atoms with Crippen LogP contribution in [0.5, 0.6) is 11.5 Å². The lowest BCUT2D eigenvalue weighted by atomic mass is 10.2. The fourth-order valence-corrected chi connectivity index (χ4v) is 1.73. The molecule has 4 nitrogen and oxygen atoms in total. The molecule has 0 heterocycles. The second-order valence-corrected chi connectivity index (χ2v) is 4.88. The van der Waals surface area contributed by atoms with E-state index >= 15 is 0 Å². The zero-order chi connectivity index (χ0) is 15.0. The average Bonchev–Trinajstić information content (AvgIpc) is 2.42. The van der Waals surface area contributed by atoms with Crippen molar-refractivity contribution in [3.05, 3.63) is 23.8 Å². The third-order valence-electron chi connectivity index (χ3n) is 2.75. The minimum absolute atomic E-state index is 0.140. The fraction of sp³-hybridized carbons (Fsp3) is 0.562. The highest BCUT2D eigenvalue weighted by Crippen LogP contribution is 2.28. The number of rotatable bonds is 8. The first-order chi connectivity index (χ1) is 9.58. The normalized spacial score (nSPS) is 10.4. The van der Waals surface area contributed by atoms with Crippen molar-refractivity contribution in [1.29, 1.82) is 0 Å². The van der Waals surface area contributed by atoms with Crippen LogP contribution in [0.15, 0.2) is 18.2 Å². The van der Waals surface area contributed by atoms with Gasteiger partial charge in [0.15, 0.2) is 11.5 Å². The van der Waals surface area contributed by atoms with Crippen molar-refractivity contribution in [2.45, 2.75) is 46.1 Å². The third-order valence-corrected chi connectivity index (χ3v) is 2.75. The number of hydrogen-bond acceptors (Lipinski definition) is 4. The standard InChI is InChI=1S/C16H24O4/c1-5-6-7-10-19-14-9-8-13(11-15(14)18-4)16(17)20-12(2)3/h8-9,11-12H,5-7,10H2,1-4H3. The molecule has 1 aromatic carbocycles. The Kier molecular flexibility index (Phi) is 6.91. The highest BCUT2D eigenvalue weighted by atomic mass is 16.5. The first kappa shape index (κ1) is 16.3.